The molecule has 0 aliphatic carbocycles. The molecule has 21 heavy (non-hydrogen) atoms. The highest BCUT2D eigenvalue weighted by atomic mass is 16.1. The van der Waals surface area contributed by atoms with Crippen LogP contribution < -0.4 is 10.6 Å². The molecule has 2 unspecified atom stereocenters. The average molecular weight is 292 g/mol. The molecule has 1 amide bonds. The molecule has 0 spiro atoms. The van der Waals surface area contributed by atoms with E-state index in [2.05, 4.69) is 37.0 Å². The van der Waals surface area contributed by atoms with Crippen LogP contribution in [0.1, 0.15) is 19.4 Å². The number of piperidine rings is 1. The fourth-order valence-electron chi connectivity index (χ4n) is 2.68. The van der Waals surface area contributed by atoms with E-state index in [1.54, 1.807) is 14.1 Å². The number of carbonyl (C=O) groups excluding carboxylic acids is 1. The first-order chi connectivity index (χ1) is 10.2. The third kappa shape index (κ3) is 3.74. The van der Waals surface area contributed by atoms with Crippen molar-refractivity contribution in [1.82, 2.24) is 25.1 Å². The lowest BCUT2D eigenvalue weighted by molar-refractivity contribution is -0.119. The van der Waals surface area contributed by atoms with Crippen LogP contribution in [-0.2, 0) is 4.79 Å². The summed E-state index contributed by atoms with van der Waals surface area (Å²) in [5.41, 5.74) is 0. The Morgan fingerprint density at radius 3 is 2.95 bits per heavy atom. The number of hydrogen-bond donors (Lipinski definition) is 2. The number of nitrogens with one attached hydrogen (secondary N) is 2. The summed E-state index contributed by atoms with van der Waals surface area (Å²) in [5.74, 6) is 1.32. The summed E-state index contributed by atoms with van der Waals surface area (Å²) >= 11 is 0. The minimum atomic E-state index is -0.0484. The molecule has 0 aromatic carbocycles. The van der Waals surface area contributed by atoms with Crippen molar-refractivity contribution in [1.29, 1.82) is 0 Å². The van der Waals surface area contributed by atoms with Crippen LogP contribution in [0.25, 0.3) is 0 Å². The van der Waals surface area contributed by atoms with Gasteiger partial charge in [0.25, 0.3) is 0 Å². The van der Waals surface area contributed by atoms with E-state index >= 15 is 0 Å². The van der Waals surface area contributed by atoms with E-state index in [0.29, 0.717) is 12.0 Å². The van der Waals surface area contributed by atoms with Gasteiger partial charge in [0.05, 0.1) is 18.9 Å². The van der Waals surface area contributed by atoms with Gasteiger partial charge in [-0.2, -0.15) is 0 Å². The molecule has 1 aromatic heterocycles. The minimum Gasteiger partial charge on any atom is -0.358 e. The molecule has 1 fully saturated rings. The van der Waals surface area contributed by atoms with Gasteiger partial charge in [0.15, 0.2) is 5.96 Å². The van der Waals surface area contributed by atoms with Crippen LogP contribution in [0.15, 0.2) is 23.7 Å². The Morgan fingerprint density at radius 2 is 2.33 bits per heavy atom. The van der Waals surface area contributed by atoms with Crippen LogP contribution in [0.2, 0.25) is 0 Å². The summed E-state index contributed by atoms with van der Waals surface area (Å²) in [7, 11) is 3.38. The number of nitrogens with zero attached hydrogens (tertiary/aromatic N) is 4. The summed E-state index contributed by atoms with van der Waals surface area (Å²) in [6, 6.07) is 0.375. The standard InChI is InChI=1S/C14H24N6O/c1-11-4-6-19(9-12(11)20-7-5-17-10-20)14(16-3)18-8-13(21)15-2/h5,7,10-12H,4,6,8-9H2,1-3H3,(H,15,21)(H,16,18). The van der Waals surface area contributed by atoms with Gasteiger partial charge in [-0.3, -0.25) is 9.79 Å². The molecule has 0 saturated carbocycles. The lowest BCUT2D eigenvalue weighted by Gasteiger charge is -2.39. The molecule has 2 atom stereocenters. The first-order valence-electron chi connectivity index (χ1n) is 7.29. The number of imidazole rings is 1. The molecule has 0 bridgehead atoms. The van der Waals surface area contributed by atoms with Gasteiger partial charge in [-0.1, -0.05) is 6.92 Å². The zero-order valence-electron chi connectivity index (χ0n) is 12.9. The van der Waals surface area contributed by atoms with Crippen LogP contribution in [-0.4, -0.2) is 60.0 Å². The Labute approximate surface area is 125 Å². The van der Waals surface area contributed by atoms with Crippen molar-refractivity contribution < 1.29 is 4.79 Å². The van der Waals surface area contributed by atoms with Gasteiger partial charge in [0.2, 0.25) is 5.91 Å². The fraction of sp³-hybridized carbons (Fsp3) is 0.643. The Kier molecular flexibility index (Phi) is 5.19. The molecule has 116 valence electrons. The number of hydrogen-bond acceptors (Lipinski definition) is 3. The molecule has 1 aliphatic heterocycles. The van der Waals surface area contributed by atoms with Gasteiger partial charge in [0, 0.05) is 39.6 Å². The predicted molar refractivity (Wildman–Crippen MR) is 82.0 cm³/mol. The van der Waals surface area contributed by atoms with E-state index < -0.39 is 0 Å². The topological polar surface area (TPSA) is 74.6 Å². The highest BCUT2D eigenvalue weighted by molar-refractivity contribution is 5.86. The second-order valence-corrected chi connectivity index (χ2v) is 5.36. The second-order valence-electron chi connectivity index (χ2n) is 5.36. The summed E-state index contributed by atoms with van der Waals surface area (Å²) in [4.78, 5) is 22.0. The molecule has 7 nitrogen and oxygen atoms in total. The van der Waals surface area contributed by atoms with Gasteiger partial charge in [-0.25, -0.2) is 4.98 Å². The Morgan fingerprint density at radius 1 is 1.52 bits per heavy atom. The number of aromatic nitrogens is 2. The third-order valence-corrected chi connectivity index (χ3v) is 4.02. The van der Waals surface area contributed by atoms with E-state index in [9.17, 15) is 4.79 Å². The van der Waals surface area contributed by atoms with Crippen LogP contribution in [0.4, 0.5) is 0 Å². The monoisotopic (exact) mass is 292 g/mol. The fourth-order valence-corrected chi connectivity index (χ4v) is 2.68. The van der Waals surface area contributed by atoms with Crippen molar-refractivity contribution >= 4 is 11.9 Å². The highest BCUT2D eigenvalue weighted by Gasteiger charge is 2.28. The molecule has 2 N–H and O–H groups in total. The number of likely N-dealkylation sites (tertiary alicyclic amines) is 1. The number of carbonyl (C=O) groups is 1. The van der Waals surface area contributed by atoms with Crippen molar-refractivity contribution in [3.63, 3.8) is 0 Å². The normalized spacial score (nSPS) is 23.0. The van der Waals surface area contributed by atoms with Crippen LogP contribution in [0.3, 0.4) is 0 Å². The number of likely N-dealkylation sites (N-methyl/N-ethyl adjacent to an activating group) is 1. The predicted octanol–water partition coefficient (Wildman–Crippen LogP) is 0.0874. The molecule has 1 saturated heterocycles. The molecular formula is C14H24N6O. The van der Waals surface area contributed by atoms with Crippen molar-refractivity contribution in [3.8, 4) is 0 Å². The second kappa shape index (κ2) is 7.10. The summed E-state index contributed by atoms with van der Waals surface area (Å²) in [6.07, 6.45) is 6.77. The number of guanidine groups is 1. The van der Waals surface area contributed by atoms with Gasteiger partial charge in [-0.15, -0.1) is 0 Å². The molecule has 1 aromatic rings. The first-order valence-corrected chi connectivity index (χ1v) is 7.29. The highest BCUT2D eigenvalue weighted by Crippen LogP contribution is 2.27. The molecule has 1 aliphatic rings. The lowest BCUT2D eigenvalue weighted by Crippen LogP contribution is -2.50. The molecule has 2 rings (SSSR count). The van der Waals surface area contributed by atoms with Gasteiger partial charge in [0.1, 0.15) is 0 Å². The summed E-state index contributed by atoms with van der Waals surface area (Å²) in [5, 5.41) is 5.71. The minimum absolute atomic E-state index is 0.0484. The molecular weight excluding hydrogens is 268 g/mol. The largest absolute Gasteiger partial charge is 0.358 e. The maximum atomic E-state index is 11.4. The Balaban J connectivity index is 2.01. The number of amides is 1. The van der Waals surface area contributed by atoms with E-state index in [0.717, 1.165) is 25.5 Å². The molecule has 0 radical (unpaired) electrons. The van der Waals surface area contributed by atoms with Crippen molar-refractivity contribution in [2.75, 3.05) is 33.7 Å². The first kappa shape index (κ1) is 15.3. The van der Waals surface area contributed by atoms with Crippen molar-refractivity contribution in [2.45, 2.75) is 19.4 Å². The van der Waals surface area contributed by atoms with E-state index in [1.807, 2.05) is 18.7 Å². The summed E-state index contributed by atoms with van der Waals surface area (Å²) in [6.45, 7) is 4.32. The van der Waals surface area contributed by atoms with Crippen LogP contribution in [0, 0.1) is 5.92 Å². The van der Waals surface area contributed by atoms with E-state index in [1.165, 1.54) is 0 Å². The SMILES string of the molecule is CN=C(NCC(=O)NC)N1CCC(C)C(n2ccnc2)C1. The zero-order chi connectivity index (χ0) is 15.2. The van der Waals surface area contributed by atoms with Gasteiger partial charge >= 0.3 is 0 Å². The Bertz CT molecular complexity index is 484. The van der Waals surface area contributed by atoms with Crippen LogP contribution >= 0.6 is 0 Å². The Hall–Kier alpha value is -2.05. The van der Waals surface area contributed by atoms with Crippen molar-refractivity contribution in [2.24, 2.45) is 10.9 Å². The maximum absolute atomic E-state index is 11.4. The number of aliphatic imine (C=N–C) groups is 1. The third-order valence-electron chi connectivity index (χ3n) is 4.02. The quantitative estimate of drug-likeness (QED) is 0.611. The smallest absolute Gasteiger partial charge is 0.239 e. The maximum Gasteiger partial charge on any atom is 0.239 e. The van der Waals surface area contributed by atoms with Gasteiger partial charge < -0.3 is 20.1 Å². The molecule has 7 heteroatoms. The molecule has 2 heterocycles. The van der Waals surface area contributed by atoms with Gasteiger partial charge in [-0.05, 0) is 12.3 Å². The van der Waals surface area contributed by atoms with Crippen molar-refractivity contribution in [3.05, 3.63) is 18.7 Å². The average Bonchev–Trinajstić information content (AvgIpc) is 3.03. The number of rotatable bonds is 3. The van der Waals surface area contributed by atoms with E-state index in [4.69, 9.17) is 0 Å². The van der Waals surface area contributed by atoms with Crippen LogP contribution in [0.5, 0.6) is 0 Å². The van der Waals surface area contributed by atoms with E-state index in [-0.39, 0.29) is 12.5 Å². The zero-order valence-corrected chi connectivity index (χ0v) is 12.9. The summed E-state index contributed by atoms with van der Waals surface area (Å²) < 4.78 is 2.16. The lowest BCUT2D eigenvalue weighted by atomic mass is 9.93.